The minimum Gasteiger partial charge on any atom is -0.370 e. The molecule has 60 valence electrons. The van der Waals surface area contributed by atoms with Crippen LogP contribution in [0.3, 0.4) is 0 Å². The number of ether oxygens (including phenoxy) is 1. The van der Waals surface area contributed by atoms with Crippen molar-refractivity contribution in [3.8, 4) is 0 Å². The minimum atomic E-state index is -0.380. The molecule has 0 bridgehead atoms. The van der Waals surface area contributed by atoms with E-state index in [-0.39, 0.29) is 12.0 Å². The van der Waals surface area contributed by atoms with Crippen LogP contribution in [0.4, 0.5) is 0 Å². The Morgan fingerprint density at radius 2 is 2.20 bits per heavy atom. The molecule has 1 unspecified atom stereocenters. The summed E-state index contributed by atoms with van der Waals surface area (Å²) in [4.78, 5) is 10.9. The van der Waals surface area contributed by atoms with Crippen LogP contribution >= 0.6 is 0 Å². The van der Waals surface area contributed by atoms with Crippen molar-refractivity contribution in [1.82, 2.24) is 10.6 Å². The standard InChI is InChI=1S/C6H14N2O2/c1-7-4-5(10-3)6(9)8-2/h5,7H,4H2,1-3H3,(H,8,9). The van der Waals surface area contributed by atoms with Gasteiger partial charge in [0.05, 0.1) is 0 Å². The molecule has 0 aromatic rings. The van der Waals surface area contributed by atoms with Crippen LogP contribution in [0.1, 0.15) is 0 Å². The molecule has 0 rings (SSSR count). The van der Waals surface area contributed by atoms with E-state index in [1.807, 2.05) is 0 Å². The lowest BCUT2D eigenvalue weighted by Gasteiger charge is -2.11. The number of likely N-dealkylation sites (N-methyl/N-ethyl adjacent to an activating group) is 2. The summed E-state index contributed by atoms with van der Waals surface area (Å²) < 4.78 is 4.87. The molecule has 0 aromatic heterocycles. The third-order valence-electron chi connectivity index (χ3n) is 1.21. The summed E-state index contributed by atoms with van der Waals surface area (Å²) in [5, 5.41) is 5.34. The van der Waals surface area contributed by atoms with Gasteiger partial charge in [0, 0.05) is 20.7 Å². The lowest BCUT2D eigenvalue weighted by Crippen LogP contribution is -2.39. The number of nitrogens with one attached hydrogen (secondary N) is 2. The quantitative estimate of drug-likeness (QED) is 0.533. The van der Waals surface area contributed by atoms with Crippen LogP contribution in [0.2, 0.25) is 0 Å². The molecular formula is C6H14N2O2. The van der Waals surface area contributed by atoms with Crippen molar-refractivity contribution in [2.24, 2.45) is 0 Å². The normalized spacial score (nSPS) is 12.7. The molecule has 0 saturated carbocycles. The number of hydrogen-bond donors (Lipinski definition) is 2. The lowest BCUT2D eigenvalue weighted by molar-refractivity contribution is -0.130. The van der Waals surface area contributed by atoms with E-state index >= 15 is 0 Å². The van der Waals surface area contributed by atoms with Crippen molar-refractivity contribution in [3.63, 3.8) is 0 Å². The number of carbonyl (C=O) groups excluding carboxylic acids is 1. The highest BCUT2D eigenvalue weighted by Crippen LogP contribution is 1.85. The van der Waals surface area contributed by atoms with Crippen molar-refractivity contribution in [1.29, 1.82) is 0 Å². The van der Waals surface area contributed by atoms with E-state index in [1.165, 1.54) is 7.11 Å². The largest absolute Gasteiger partial charge is 0.370 e. The van der Waals surface area contributed by atoms with Gasteiger partial charge in [0.2, 0.25) is 5.91 Å². The molecule has 0 radical (unpaired) electrons. The minimum absolute atomic E-state index is 0.100. The number of amides is 1. The monoisotopic (exact) mass is 146 g/mol. The molecule has 0 aliphatic heterocycles. The first-order valence-electron chi connectivity index (χ1n) is 3.15. The van der Waals surface area contributed by atoms with Crippen LogP contribution in [0.25, 0.3) is 0 Å². The third kappa shape index (κ3) is 2.80. The average molecular weight is 146 g/mol. The number of hydrogen-bond acceptors (Lipinski definition) is 3. The third-order valence-corrected chi connectivity index (χ3v) is 1.21. The molecule has 0 aliphatic rings. The van der Waals surface area contributed by atoms with Crippen molar-refractivity contribution >= 4 is 5.91 Å². The first kappa shape index (κ1) is 9.39. The summed E-state index contributed by atoms with van der Waals surface area (Å²) in [6.45, 7) is 0.538. The van der Waals surface area contributed by atoms with Gasteiger partial charge in [-0.1, -0.05) is 0 Å². The molecule has 4 nitrogen and oxygen atoms in total. The number of methoxy groups -OCH3 is 1. The Balaban J connectivity index is 3.68. The summed E-state index contributed by atoms with van der Waals surface area (Å²) in [5.41, 5.74) is 0. The molecular weight excluding hydrogens is 132 g/mol. The van der Waals surface area contributed by atoms with E-state index in [4.69, 9.17) is 4.74 Å². The molecule has 0 spiro atoms. The summed E-state index contributed by atoms with van der Waals surface area (Å²) in [6, 6.07) is 0. The van der Waals surface area contributed by atoms with E-state index in [2.05, 4.69) is 10.6 Å². The van der Waals surface area contributed by atoms with E-state index in [0.29, 0.717) is 6.54 Å². The lowest BCUT2D eigenvalue weighted by atomic mass is 10.3. The molecule has 0 fully saturated rings. The molecule has 0 heterocycles. The second kappa shape index (κ2) is 5.20. The zero-order chi connectivity index (χ0) is 7.98. The predicted molar refractivity (Wildman–Crippen MR) is 38.8 cm³/mol. The fraction of sp³-hybridized carbons (Fsp3) is 0.833. The maximum Gasteiger partial charge on any atom is 0.250 e. The second-order valence-corrected chi connectivity index (χ2v) is 1.90. The van der Waals surface area contributed by atoms with Crippen LogP contribution in [0.15, 0.2) is 0 Å². The molecule has 0 aromatic carbocycles. The van der Waals surface area contributed by atoms with Gasteiger partial charge < -0.3 is 15.4 Å². The van der Waals surface area contributed by atoms with Gasteiger partial charge in [-0.05, 0) is 7.05 Å². The van der Waals surface area contributed by atoms with Gasteiger partial charge >= 0.3 is 0 Å². The first-order chi connectivity index (χ1) is 4.76. The van der Waals surface area contributed by atoms with Gasteiger partial charge in [0.1, 0.15) is 6.10 Å². The Morgan fingerprint density at radius 3 is 2.50 bits per heavy atom. The van der Waals surface area contributed by atoms with Crippen LogP contribution in [0, 0.1) is 0 Å². The molecule has 4 heteroatoms. The van der Waals surface area contributed by atoms with E-state index in [9.17, 15) is 4.79 Å². The Kier molecular flexibility index (Phi) is 4.88. The second-order valence-electron chi connectivity index (χ2n) is 1.90. The molecule has 1 amide bonds. The average Bonchev–Trinajstić information content (AvgIpc) is 1.99. The van der Waals surface area contributed by atoms with E-state index in [0.717, 1.165) is 0 Å². The van der Waals surface area contributed by atoms with Crippen LogP contribution in [-0.4, -0.2) is 39.8 Å². The SMILES string of the molecule is CNCC(OC)C(=O)NC. The Labute approximate surface area is 60.9 Å². The Bertz CT molecular complexity index is 106. The van der Waals surface area contributed by atoms with Gasteiger partial charge in [-0.2, -0.15) is 0 Å². The molecule has 1 atom stereocenters. The summed E-state index contributed by atoms with van der Waals surface area (Å²) in [7, 11) is 4.87. The smallest absolute Gasteiger partial charge is 0.250 e. The zero-order valence-electron chi connectivity index (χ0n) is 6.60. The fourth-order valence-corrected chi connectivity index (χ4v) is 0.629. The van der Waals surface area contributed by atoms with Crippen molar-refractivity contribution < 1.29 is 9.53 Å². The molecule has 10 heavy (non-hydrogen) atoms. The maximum absolute atomic E-state index is 10.9. The Hall–Kier alpha value is -0.610. The highest BCUT2D eigenvalue weighted by Gasteiger charge is 2.13. The van der Waals surface area contributed by atoms with Crippen molar-refractivity contribution in [2.75, 3.05) is 27.7 Å². The molecule has 2 N–H and O–H groups in total. The highest BCUT2D eigenvalue weighted by molar-refractivity contribution is 5.80. The summed E-state index contributed by atoms with van der Waals surface area (Å²) in [6.07, 6.45) is -0.380. The molecule has 0 saturated heterocycles. The maximum atomic E-state index is 10.9. The molecule has 0 aliphatic carbocycles. The van der Waals surface area contributed by atoms with Gasteiger partial charge in [-0.25, -0.2) is 0 Å². The van der Waals surface area contributed by atoms with Crippen molar-refractivity contribution in [2.45, 2.75) is 6.10 Å². The highest BCUT2D eigenvalue weighted by atomic mass is 16.5. The van der Waals surface area contributed by atoms with Gasteiger partial charge in [0.15, 0.2) is 0 Å². The number of carbonyl (C=O) groups is 1. The van der Waals surface area contributed by atoms with E-state index < -0.39 is 0 Å². The summed E-state index contributed by atoms with van der Waals surface area (Å²) in [5.74, 6) is -0.100. The fourth-order valence-electron chi connectivity index (χ4n) is 0.629. The number of rotatable bonds is 4. The zero-order valence-corrected chi connectivity index (χ0v) is 6.60. The summed E-state index contributed by atoms with van der Waals surface area (Å²) >= 11 is 0. The topological polar surface area (TPSA) is 50.4 Å². The van der Waals surface area contributed by atoms with Gasteiger partial charge in [-0.15, -0.1) is 0 Å². The first-order valence-corrected chi connectivity index (χ1v) is 3.15. The van der Waals surface area contributed by atoms with Gasteiger partial charge in [-0.3, -0.25) is 4.79 Å². The van der Waals surface area contributed by atoms with E-state index in [1.54, 1.807) is 14.1 Å². The van der Waals surface area contributed by atoms with Crippen LogP contribution < -0.4 is 10.6 Å². The predicted octanol–water partition coefficient (Wildman–Crippen LogP) is -1.03. The van der Waals surface area contributed by atoms with Crippen LogP contribution in [-0.2, 0) is 9.53 Å². The van der Waals surface area contributed by atoms with Gasteiger partial charge in [0.25, 0.3) is 0 Å². The van der Waals surface area contributed by atoms with Crippen LogP contribution in [0.5, 0.6) is 0 Å². The van der Waals surface area contributed by atoms with Crippen molar-refractivity contribution in [3.05, 3.63) is 0 Å². The Morgan fingerprint density at radius 1 is 1.60 bits per heavy atom.